The van der Waals surface area contributed by atoms with Gasteiger partial charge in [0.05, 0.1) is 12.1 Å². The number of carbonyl (C=O) groups is 2. The van der Waals surface area contributed by atoms with Crippen LogP contribution in [0.5, 0.6) is 0 Å². The fourth-order valence-electron chi connectivity index (χ4n) is 5.06. The number of hydrogen-bond donors (Lipinski definition) is 3. The van der Waals surface area contributed by atoms with Gasteiger partial charge < -0.3 is 15.7 Å². The van der Waals surface area contributed by atoms with Crippen LogP contribution in [0.4, 0.5) is 0 Å². The summed E-state index contributed by atoms with van der Waals surface area (Å²) in [5, 5.41) is 21.9. The number of nitrogens with one attached hydrogen (secondary N) is 2. The lowest BCUT2D eigenvalue weighted by Crippen LogP contribution is -2.46. The van der Waals surface area contributed by atoms with E-state index >= 15 is 0 Å². The lowest BCUT2D eigenvalue weighted by Gasteiger charge is -2.26. The lowest BCUT2D eigenvalue weighted by atomic mass is 9.96. The van der Waals surface area contributed by atoms with Crippen molar-refractivity contribution in [3.05, 3.63) is 126 Å². The molecule has 0 radical (unpaired) electrons. The molecule has 0 saturated carbocycles. The molecule has 0 bridgehead atoms. The maximum atomic E-state index is 13.6. The van der Waals surface area contributed by atoms with Crippen molar-refractivity contribution in [2.24, 2.45) is 0 Å². The second kappa shape index (κ2) is 12.8. The molecule has 0 aliphatic rings. The normalized spacial score (nSPS) is 13.0. The maximum absolute atomic E-state index is 13.6. The quantitative estimate of drug-likeness (QED) is 0.165. The van der Waals surface area contributed by atoms with Crippen LogP contribution in [0.25, 0.3) is 21.5 Å². The minimum atomic E-state index is -0.930. The van der Waals surface area contributed by atoms with Gasteiger partial charge in [0.25, 0.3) is 11.8 Å². The predicted molar refractivity (Wildman–Crippen MR) is 173 cm³/mol. The van der Waals surface area contributed by atoms with Crippen LogP contribution in [-0.2, 0) is 6.42 Å². The molecular formula is C36H36N2O3S. The third kappa shape index (κ3) is 7.19. The van der Waals surface area contributed by atoms with Crippen molar-refractivity contribution in [1.29, 1.82) is 0 Å². The van der Waals surface area contributed by atoms with Crippen molar-refractivity contribution in [1.82, 2.24) is 10.6 Å². The SMILES string of the molecule is CC(C)(C)NC(=O)c1ccccc1C[C@@H](O)C(CSc1ccc2ccccc2c1)NC(=O)c1cccc2ccccc12. The molecule has 0 fully saturated rings. The van der Waals surface area contributed by atoms with Gasteiger partial charge in [-0.2, -0.15) is 0 Å². The minimum absolute atomic E-state index is 0.188. The number of aliphatic hydroxyl groups is 1. The average molecular weight is 577 g/mol. The first-order valence-electron chi connectivity index (χ1n) is 14.2. The highest BCUT2D eigenvalue weighted by Crippen LogP contribution is 2.26. The number of carbonyl (C=O) groups excluding carboxylic acids is 2. The second-order valence-corrected chi connectivity index (χ2v) is 12.7. The number of rotatable bonds is 9. The van der Waals surface area contributed by atoms with Crippen LogP contribution in [0, 0.1) is 0 Å². The largest absolute Gasteiger partial charge is 0.391 e. The molecule has 0 aliphatic carbocycles. The van der Waals surface area contributed by atoms with Crippen LogP contribution in [-0.4, -0.2) is 40.4 Å². The monoisotopic (exact) mass is 576 g/mol. The van der Waals surface area contributed by atoms with E-state index in [4.69, 9.17) is 0 Å². The number of fused-ring (bicyclic) bond motifs is 2. The smallest absolute Gasteiger partial charge is 0.252 e. The van der Waals surface area contributed by atoms with E-state index in [2.05, 4.69) is 41.0 Å². The first-order chi connectivity index (χ1) is 20.2. The Bertz CT molecular complexity index is 1720. The summed E-state index contributed by atoms with van der Waals surface area (Å²) in [6.45, 7) is 5.81. The summed E-state index contributed by atoms with van der Waals surface area (Å²) in [6, 6.07) is 34.7. The fourth-order valence-corrected chi connectivity index (χ4v) is 6.11. The zero-order chi connectivity index (χ0) is 29.7. The Morgan fingerprint density at radius 2 is 1.38 bits per heavy atom. The zero-order valence-corrected chi connectivity index (χ0v) is 24.9. The Hall–Kier alpha value is -4.13. The van der Waals surface area contributed by atoms with E-state index in [1.807, 2.05) is 93.6 Å². The molecule has 5 rings (SSSR count). The molecule has 5 nitrogen and oxygen atoms in total. The molecule has 0 heterocycles. The Kier molecular flexibility index (Phi) is 8.95. The average Bonchev–Trinajstić information content (AvgIpc) is 2.98. The molecule has 0 saturated heterocycles. The lowest BCUT2D eigenvalue weighted by molar-refractivity contribution is 0.0851. The van der Waals surface area contributed by atoms with E-state index in [1.54, 1.807) is 17.8 Å². The van der Waals surface area contributed by atoms with Gasteiger partial charge in [0, 0.05) is 33.7 Å². The van der Waals surface area contributed by atoms with Crippen LogP contribution in [0.3, 0.4) is 0 Å². The summed E-state index contributed by atoms with van der Waals surface area (Å²) in [4.78, 5) is 27.8. The molecule has 42 heavy (non-hydrogen) atoms. The van der Waals surface area contributed by atoms with Gasteiger partial charge in [0.2, 0.25) is 0 Å². The van der Waals surface area contributed by atoms with Gasteiger partial charge in [-0.1, -0.05) is 84.9 Å². The predicted octanol–water partition coefficient (Wildman–Crippen LogP) is 7.02. The van der Waals surface area contributed by atoms with Crippen molar-refractivity contribution in [3.8, 4) is 0 Å². The molecule has 2 amide bonds. The van der Waals surface area contributed by atoms with E-state index in [1.165, 1.54) is 0 Å². The van der Waals surface area contributed by atoms with Gasteiger partial charge in [0.1, 0.15) is 0 Å². The molecule has 6 heteroatoms. The number of thioether (sulfide) groups is 1. The van der Waals surface area contributed by atoms with Crippen LogP contribution in [0.2, 0.25) is 0 Å². The van der Waals surface area contributed by atoms with E-state index in [0.717, 1.165) is 32.0 Å². The molecular weight excluding hydrogens is 540 g/mol. The van der Waals surface area contributed by atoms with Gasteiger partial charge in [-0.25, -0.2) is 0 Å². The molecule has 214 valence electrons. The van der Waals surface area contributed by atoms with Gasteiger partial charge in [0.15, 0.2) is 0 Å². The molecule has 5 aromatic carbocycles. The molecule has 0 aliphatic heterocycles. The topological polar surface area (TPSA) is 78.4 Å². The van der Waals surface area contributed by atoms with Crippen LogP contribution < -0.4 is 10.6 Å². The van der Waals surface area contributed by atoms with Crippen molar-refractivity contribution in [2.75, 3.05) is 5.75 Å². The highest BCUT2D eigenvalue weighted by Gasteiger charge is 2.26. The highest BCUT2D eigenvalue weighted by molar-refractivity contribution is 7.99. The maximum Gasteiger partial charge on any atom is 0.252 e. The molecule has 1 unspecified atom stereocenters. The van der Waals surface area contributed by atoms with E-state index < -0.39 is 17.7 Å². The number of benzene rings is 5. The summed E-state index contributed by atoms with van der Waals surface area (Å²) in [7, 11) is 0. The van der Waals surface area contributed by atoms with Crippen molar-refractivity contribution in [3.63, 3.8) is 0 Å². The van der Waals surface area contributed by atoms with Gasteiger partial charge in [-0.15, -0.1) is 11.8 Å². The Morgan fingerprint density at radius 3 is 2.17 bits per heavy atom. The molecule has 2 atom stereocenters. The fraction of sp³-hybridized carbons (Fsp3) is 0.222. The van der Waals surface area contributed by atoms with Crippen LogP contribution >= 0.6 is 11.8 Å². The first-order valence-corrected chi connectivity index (χ1v) is 15.2. The minimum Gasteiger partial charge on any atom is -0.391 e. The van der Waals surface area contributed by atoms with Gasteiger partial charge in [-0.05, 0) is 72.1 Å². The summed E-state index contributed by atoms with van der Waals surface area (Å²) in [5.74, 6) is 0.0210. The summed E-state index contributed by atoms with van der Waals surface area (Å²) < 4.78 is 0. The Balaban J connectivity index is 1.41. The van der Waals surface area contributed by atoms with Crippen molar-refractivity contribution >= 4 is 45.1 Å². The number of aliphatic hydroxyl groups excluding tert-OH is 1. The van der Waals surface area contributed by atoms with Crippen molar-refractivity contribution < 1.29 is 14.7 Å². The Morgan fingerprint density at radius 1 is 0.738 bits per heavy atom. The summed E-state index contributed by atoms with van der Waals surface area (Å²) in [5.41, 5.74) is 1.42. The van der Waals surface area contributed by atoms with Crippen LogP contribution in [0.1, 0.15) is 47.1 Å². The Labute approximate surface area is 251 Å². The third-order valence-electron chi connectivity index (χ3n) is 7.15. The van der Waals surface area contributed by atoms with E-state index in [-0.39, 0.29) is 18.2 Å². The van der Waals surface area contributed by atoms with Crippen LogP contribution in [0.15, 0.2) is 114 Å². The van der Waals surface area contributed by atoms with E-state index in [0.29, 0.717) is 16.9 Å². The standard InChI is InChI=1S/C36H36N2O3S/c1-36(2,3)38-35(41)30-17-9-7-14-27(30)22-33(39)32(23-42-28-20-19-24-11-4-5-13-26(24)21-28)37-34(40)31-18-10-15-25-12-6-8-16-29(25)31/h4-21,32-33,39H,22-23H2,1-3H3,(H,37,40)(H,38,41)/t32?,33-/m1/s1. The van der Waals surface area contributed by atoms with Gasteiger partial charge in [-0.3, -0.25) is 9.59 Å². The third-order valence-corrected chi connectivity index (χ3v) is 8.26. The summed E-state index contributed by atoms with van der Waals surface area (Å²) >= 11 is 1.59. The molecule has 0 spiro atoms. The molecule has 0 aromatic heterocycles. The van der Waals surface area contributed by atoms with E-state index in [9.17, 15) is 14.7 Å². The summed E-state index contributed by atoms with van der Waals surface area (Å²) in [6.07, 6.45) is -0.715. The molecule has 3 N–H and O–H groups in total. The highest BCUT2D eigenvalue weighted by atomic mass is 32.2. The number of amides is 2. The first kappa shape index (κ1) is 29.4. The second-order valence-electron chi connectivity index (χ2n) is 11.6. The number of hydrogen-bond acceptors (Lipinski definition) is 4. The van der Waals surface area contributed by atoms with Crippen molar-refractivity contribution in [2.45, 2.75) is 49.8 Å². The molecule has 5 aromatic rings. The van der Waals surface area contributed by atoms with Gasteiger partial charge >= 0.3 is 0 Å². The zero-order valence-electron chi connectivity index (χ0n) is 24.1.